The third kappa shape index (κ3) is 11.1. The van der Waals surface area contributed by atoms with Crippen molar-refractivity contribution >= 4 is 94.4 Å². The van der Waals surface area contributed by atoms with Gasteiger partial charge in [0.2, 0.25) is 5.91 Å². The molecule has 9 rings (SSSR count). The summed E-state index contributed by atoms with van der Waals surface area (Å²) in [6.07, 6.45) is 6.46. The first-order valence-electron chi connectivity index (χ1n) is 22.3. The van der Waals surface area contributed by atoms with E-state index in [4.69, 9.17) is 14.7 Å². The Hall–Kier alpha value is -8.05. The standard InChI is InChI=1S/C52H44N6O12S3/c1-52(2,3)70-51(60)53-29-28-46(59)54-34-12-4-30(5-13-34)47-38-20-22-40(55-38)48(31-6-14-35(15-7-31)71(61,62)63)42-24-26-44(57-42)50(33-10-18-37(19-11-33)73(67,68)69)45-27-25-43(58-45)49(41-23-21-39(47)56-41)32-8-16-36(17-9-32)72(64,65)66/h4-27,55,58H,28-29H2,1-3H3,(H,53,60)(H,54,59)(H,61,62,63)(H,64,65,66)(H,67,68,69). The molecule has 7 aromatic rings. The van der Waals surface area contributed by atoms with E-state index in [9.17, 15) is 48.5 Å². The molecule has 2 amide bonds. The minimum atomic E-state index is -4.55. The van der Waals surface area contributed by atoms with Crippen molar-refractivity contribution in [2.45, 2.75) is 47.5 Å². The summed E-state index contributed by atoms with van der Waals surface area (Å²) < 4.78 is 107. The third-order valence-electron chi connectivity index (χ3n) is 11.6. The van der Waals surface area contributed by atoms with Crippen molar-refractivity contribution in [3.05, 3.63) is 144 Å². The lowest BCUT2D eigenvalue weighted by Gasteiger charge is -2.19. The van der Waals surface area contributed by atoms with Crippen LogP contribution in [-0.4, -0.2) is 83.0 Å². The molecule has 0 unspecified atom stereocenters. The Bertz CT molecular complexity index is 3880. The number of carbonyl (C=O) groups excluding carboxylic acids is 2. The monoisotopic (exact) mass is 1040 g/mol. The number of carbonyl (C=O) groups is 2. The molecule has 372 valence electrons. The van der Waals surface area contributed by atoms with Crippen LogP contribution in [0.5, 0.6) is 0 Å². The molecule has 5 heterocycles. The van der Waals surface area contributed by atoms with Gasteiger partial charge in [-0.25, -0.2) is 14.8 Å². The largest absolute Gasteiger partial charge is 0.444 e. The van der Waals surface area contributed by atoms with Crippen LogP contribution >= 0.6 is 0 Å². The molecule has 0 saturated carbocycles. The molecule has 0 atom stereocenters. The molecule has 8 bridgehead atoms. The third-order valence-corrected chi connectivity index (χ3v) is 14.2. The minimum absolute atomic E-state index is 0.0237. The fourth-order valence-corrected chi connectivity index (χ4v) is 9.78. The number of H-pyrrole nitrogens is 2. The van der Waals surface area contributed by atoms with Crippen LogP contribution in [0.25, 0.3) is 90.9 Å². The Morgan fingerprint density at radius 3 is 1.08 bits per heavy atom. The molecule has 3 aromatic heterocycles. The molecular formula is C52H44N6O12S3. The number of alkyl carbamates (subject to hydrolysis) is 1. The van der Waals surface area contributed by atoms with Crippen LogP contribution in [0.1, 0.15) is 50.0 Å². The number of benzene rings is 4. The van der Waals surface area contributed by atoms with Crippen LogP contribution in [-0.2, 0) is 39.9 Å². The average Bonchev–Trinajstić information content (AvgIpc) is 4.17. The molecule has 0 spiro atoms. The number of aromatic amines is 2. The van der Waals surface area contributed by atoms with E-state index in [2.05, 4.69) is 20.6 Å². The Labute approximate surface area is 418 Å². The molecule has 18 nitrogen and oxygen atoms in total. The van der Waals surface area contributed by atoms with Gasteiger partial charge in [0.15, 0.2) is 0 Å². The lowest BCUT2D eigenvalue weighted by molar-refractivity contribution is -0.116. The summed E-state index contributed by atoms with van der Waals surface area (Å²) in [5, 5.41) is 5.42. The SMILES string of the molecule is CC(C)(C)OC(=O)NCCC(=O)Nc1ccc(-c2c3nc(c(-c4ccc(S(=O)(=O)O)cc4)c4ccc([nH]4)c(-c4ccc(S(=O)(=O)O)cc4)c4nc(c(-c5ccc(S(=O)(=O)O)cc5)c5ccc2[nH]5)C=C4)C=C3)cc1. The van der Waals surface area contributed by atoms with Crippen molar-refractivity contribution in [1.82, 2.24) is 25.3 Å². The van der Waals surface area contributed by atoms with Crippen molar-refractivity contribution < 1.29 is 53.2 Å². The highest BCUT2D eigenvalue weighted by Crippen LogP contribution is 2.39. The van der Waals surface area contributed by atoms with Gasteiger partial charge in [-0.1, -0.05) is 48.5 Å². The summed E-state index contributed by atoms with van der Waals surface area (Å²) in [6.45, 7) is 5.25. The zero-order chi connectivity index (χ0) is 52.0. The molecule has 0 saturated heterocycles. The first kappa shape index (κ1) is 49.9. The minimum Gasteiger partial charge on any atom is -0.444 e. The molecule has 0 radical (unpaired) electrons. The molecule has 2 aliphatic rings. The molecule has 73 heavy (non-hydrogen) atoms. The molecule has 2 aliphatic heterocycles. The summed E-state index contributed by atoms with van der Waals surface area (Å²) in [6, 6.07) is 31.1. The maximum Gasteiger partial charge on any atom is 0.407 e. The predicted octanol–water partition coefficient (Wildman–Crippen LogP) is 9.92. The summed E-state index contributed by atoms with van der Waals surface area (Å²) in [4.78, 5) is 41.4. The van der Waals surface area contributed by atoms with Crippen LogP contribution in [0, 0.1) is 0 Å². The van der Waals surface area contributed by atoms with Crippen LogP contribution in [0.3, 0.4) is 0 Å². The number of nitrogens with zero attached hydrogens (tertiary/aromatic N) is 2. The van der Waals surface area contributed by atoms with E-state index in [-0.39, 0.29) is 33.6 Å². The molecule has 0 fully saturated rings. The van der Waals surface area contributed by atoms with Crippen LogP contribution in [0.4, 0.5) is 10.5 Å². The normalized spacial score (nSPS) is 12.7. The Balaban J connectivity index is 1.28. The van der Waals surface area contributed by atoms with Crippen LogP contribution in [0.2, 0.25) is 0 Å². The highest BCUT2D eigenvalue weighted by molar-refractivity contribution is 7.86. The second-order valence-corrected chi connectivity index (χ2v) is 22.1. The molecule has 0 aliphatic carbocycles. The van der Waals surface area contributed by atoms with Crippen molar-refractivity contribution in [2.75, 3.05) is 11.9 Å². The Kier molecular flexibility index (Phi) is 13.1. The maximum atomic E-state index is 12.9. The zero-order valence-electron chi connectivity index (χ0n) is 38.9. The van der Waals surface area contributed by atoms with Crippen molar-refractivity contribution in [3.8, 4) is 44.5 Å². The summed E-state index contributed by atoms with van der Waals surface area (Å²) in [7, 11) is -13.6. The van der Waals surface area contributed by atoms with E-state index in [1.165, 1.54) is 72.8 Å². The van der Waals surface area contributed by atoms with E-state index in [0.29, 0.717) is 95.0 Å². The highest BCUT2D eigenvalue weighted by atomic mass is 32.2. The first-order chi connectivity index (χ1) is 34.5. The first-order valence-corrected chi connectivity index (χ1v) is 26.6. The zero-order valence-corrected chi connectivity index (χ0v) is 41.4. The molecule has 4 aromatic carbocycles. The average molecular weight is 1040 g/mol. The topological polar surface area (TPSA) is 288 Å². The Morgan fingerprint density at radius 1 is 0.493 bits per heavy atom. The fourth-order valence-electron chi connectivity index (χ4n) is 8.34. The number of hydrogen-bond acceptors (Lipinski definition) is 11. The van der Waals surface area contributed by atoms with Gasteiger partial charge >= 0.3 is 6.09 Å². The van der Waals surface area contributed by atoms with E-state index in [1.54, 1.807) is 75.4 Å². The van der Waals surface area contributed by atoms with E-state index >= 15 is 0 Å². The number of anilines is 1. The van der Waals surface area contributed by atoms with Gasteiger partial charge < -0.3 is 25.3 Å². The molecule has 21 heteroatoms. The van der Waals surface area contributed by atoms with Crippen molar-refractivity contribution in [3.63, 3.8) is 0 Å². The maximum absolute atomic E-state index is 12.9. The van der Waals surface area contributed by atoms with E-state index in [1.807, 2.05) is 18.2 Å². The van der Waals surface area contributed by atoms with Gasteiger partial charge in [0, 0.05) is 63.0 Å². The summed E-state index contributed by atoms with van der Waals surface area (Å²) in [5.41, 5.74) is 8.04. The lowest BCUT2D eigenvalue weighted by atomic mass is 10.0. The van der Waals surface area contributed by atoms with Gasteiger partial charge in [0.25, 0.3) is 30.4 Å². The number of aromatic nitrogens is 4. The van der Waals surface area contributed by atoms with Gasteiger partial charge in [-0.05, 0) is 140 Å². The Morgan fingerprint density at radius 2 is 0.795 bits per heavy atom. The van der Waals surface area contributed by atoms with E-state index < -0.39 is 42.0 Å². The van der Waals surface area contributed by atoms with E-state index in [0.717, 1.165) is 0 Å². The van der Waals surface area contributed by atoms with Gasteiger partial charge in [0.1, 0.15) is 5.60 Å². The number of nitrogens with one attached hydrogen (secondary N) is 4. The highest BCUT2D eigenvalue weighted by Gasteiger charge is 2.22. The van der Waals surface area contributed by atoms with Crippen molar-refractivity contribution in [2.24, 2.45) is 0 Å². The van der Waals surface area contributed by atoms with Gasteiger partial charge in [-0.2, -0.15) is 25.3 Å². The fraction of sp³-hybridized carbons (Fsp3) is 0.115. The smallest absolute Gasteiger partial charge is 0.407 e. The summed E-state index contributed by atoms with van der Waals surface area (Å²) >= 11 is 0. The van der Waals surface area contributed by atoms with Crippen LogP contribution in [0.15, 0.2) is 136 Å². The van der Waals surface area contributed by atoms with Crippen LogP contribution < -0.4 is 10.6 Å². The number of ether oxygens (including phenoxy) is 1. The second kappa shape index (κ2) is 19.2. The number of rotatable bonds is 11. The molecule has 7 N–H and O–H groups in total. The van der Waals surface area contributed by atoms with Gasteiger partial charge in [-0.3, -0.25) is 18.5 Å². The van der Waals surface area contributed by atoms with Gasteiger partial charge in [-0.15, -0.1) is 0 Å². The molecular weight excluding hydrogens is 997 g/mol. The second-order valence-electron chi connectivity index (χ2n) is 17.8. The summed E-state index contributed by atoms with van der Waals surface area (Å²) in [5.74, 6) is -0.352. The quantitative estimate of drug-likeness (QED) is 0.0594. The van der Waals surface area contributed by atoms with Crippen molar-refractivity contribution in [1.29, 1.82) is 0 Å². The lowest BCUT2D eigenvalue weighted by Crippen LogP contribution is -2.34. The number of hydrogen-bond donors (Lipinski definition) is 7. The van der Waals surface area contributed by atoms with Gasteiger partial charge in [0.05, 0.1) is 37.5 Å². The predicted molar refractivity (Wildman–Crippen MR) is 278 cm³/mol. The number of amides is 2. The number of fused-ring (bicyclic) bond motifs is 8.